The largest absolute Gasteiger partial charge is 0.491 e. The lowest BCUT2D eigenvalue weighted by molar-refractivity contribution is 0.0617. The molecule has 0 spiro atoms. The monoisotopic (exact) mass is 388 g/mol. The van der Waals surface area contributed by atoms with Gasteiger partial charge in [-0.1, -0.05) is 48.4 Å². The lowest BCUT2D eigenvalue weighted by atomic mass is 10.1. The minimum absolute atomic E-state index is 0.334. The van der Waals surface area contributed by atoms with Gasteiger partial charge in [-0.3, -0.25) is 0 Å². The Morgan fingerprint density at radius 1 is 1.00 bits per heavy atom. The van der Waals surface area contributed by atoms with E-state index in [1.807, 2.05) is 48.5 Å². The Morgan fingerprint density at radius 3 is 2.48 bits per heavy atom. The van der Waals surface area contributed by atoms with E-state index in [2.05, 4.69) is 10.2 Å². The molecule has 0 bridgehead atoms. The molecule has 3 rings (SSSR count). The van der Waals surface area contributed by atoms with Crippen LogP contribution in [0.4, 0.5) is 0 Å². The Bertz CT molecular complexity index is 687. The first kappa shape index (κ1) is 20.2. The van der Waals surface area contributed by atoms with E-state index < -0.39 is 6.10 Å². The summed E-state index contributed by atoms with van der Waals surface area (Å²) in [5.41, 5.74) is 2.28. The number of benzene rings is 2. The Labute approximate surface area is 167 Å². The number of rotatable bonds is 9. The highest BCUT2D eigenvalue weighted by atomic mass is 35.5. The van der Waals surface area contributed by atoms with E-state index in [1.165, 1.54) is 24.8 Å². The molecule has 2 N–H and O–H groups in total. The molecule has 1 fully saturated rings. The Balaban J connectivity index is 1.37. The summed E-state index contributed by atoms with van der Waals surface area (Å²) in [4.78, 5) is 2.32. The lowest BCUT2D eigenvalue weighted by Gasteiger charge is -2.28. The SMILES string of the molecule is OC(COc1ccc(CNCc2ccccc2Cl)cc1)CN1CCCCC1. The summed E-state index contributed by atoms with van der Waals surface area (Å²) in [5, 5.41) is 14.4. The molecule has 0 saturated carbocycles. The number of halogens is 1. The fourth-order valence-electron chi connectivity index (χ4n) is 3.37. The predicted molar refractivity (Wildman–Crippen MR) is 110 cm³/mol. The zero-order valence-electron chi connectivity index (χ0n) is 15.7. The molecule has 0 amide bonds. The van der Waals surface area contributed by atoms with Crippen molar-refractivity contribution in [3.05, 3.63) is 64.7 Å². The van der Waals surface area contributed by atoms with Crippen LogP contribution in [0.15, 0.2) is 48.5 Å². The highest BCUT2D eigenvalue weighted by Crippen LogP contribution is 2.16. The van der Waals surface area contributed by atoms with E-state index in [-0.39, 0.29) is 0 Å². The highest BCUT2D eigenvalue weighted by Gasteiger charge is 2.15. The second-order valence-electron chi connectivity index (χ2n) is 7.17. The van der Waals surface area contributed by atoms with Gasteiger partial charge in [0.2, 0.25) is 0 Å². The molecular weight excluding hydrogens is 360 g/mol. The summed E-state index contributed by atoms with van der Waals surface area (Å²) >= 11 is 6.17. The molecule has 146 valence electrons. The average molecular weight is 389 g/mol. The van der Waals surface area contributed by atoms with Gasteiger partial charge in [-0.05, 0) is 55.3 Å². The van der Waals surface area contributed by atoms with Crippen molar-refractivity contribution >= 4 is 11.6 Å². The van der Waals surface area contributed by atoms with E-state index in [9.17, 15) is 5.11 Å². The third kappa shape index (κ3) is 6.82. The van der Waals surface area contributed by atoms with Crippen LogP contribution in [0, 0.1) is 0 Å². The van der Waals surface area contributed by atoms with Crippen molar-refractivity contribution < 1.29 is 9.84 Å². The molecule has 5 heteroatoms. The maximum absolute atomic E-state index is 10.2. The number of aliphatic hydroxyl groups is 1. The van der Waals surface area contributed by atoms with E-state index in [1.54, 1.807) is 0 Å². The number of β-amino-alcohol motifs (C(OH)–C–C–N with tert-alkyl or cyclic N) is 1. The molecule has 2 aromatic rings. The highest BCUT2D eigenvalue weighted by molar-refractivity contribution is 6.31. The third-order valence-corrected chi connectivity index (χ3v) is 5.25. The van der Waals surface area contributed by atoms with Crippen molar-refractivity contribution in [1.82, 2.24) is 10.2 Å². The zero-order chi connectivity index (χ0) is 18.9. The van der Waals surface area contributed by atoms with Crippen LogP contribution in [0.3, 0.4) is 0 Å². The number of likely N-dealkylation sites (tertiary alicyclic amines) is 1. The molecule has 4 nitrogen and oxygen atoms in total. The lowest BCUT2D eigenvalue weighted by Crippen LogP contribution is -2.38. The molecule has 1 aliphatic heterocycles. The molecule has 1 unspecified atom stereocenters. The van der Waals surface area contributed by atoms with Gasteiger partial charge < -0.3 is 20.1 Å². The van der Waals surface area contributed by atoms with Crippen molar-refractivity contribution in [1.29, 1.82) is 0 Å². The normalized spacial score (nSPS) is 16.2. The Kier molecular flexibility index (Phi) is 7.96. The maximum atomic E-state index is 10.2. The number of hydrogen-bond donors (Lipinski definition) is 2. The fourth-order valence-corrected chi connectivity index (χ4v) is 3.57. The Hall–Kier alpha value is -1.59. The first-order chi connectivity index (χ1) is 13.2. The van der Waals surface area contributed by atoms with Gasteiger partial charge in [0.15, 0.2) is 0 Å². The second-order valence-corrected chi connectivity index (χ2v) is 7.57. The molecule has 1 atom stereocenters. The van der Waals surface area contributed by atoms with Crippen LogP contribution in [0.1, 0.15) is 30.4 Å². The van der Waals surface area contributed by atoms with Crippen LogP contribution in [-0.2, 0) is 13.1 Å². The summed E-state index contributed by atoms with van der Waals surface area (Å²) in [6.07, 6.45) is 3.34. The van der Waals surface area contributed by atoms with Crippen LogP contribution < -0.4 is 10.1 Å². The number of aliphatic hydroxyl groups excluding tert-OH is 1. The van der Waals surface area contributed by atoms with Crippen LogP contribution >= 0.6 is 11.6 Å². The van der Waals surface area contributed by atoms with Gasteiger partial charge in [-0.2, -0.15) is 0 Å². The van der Waals surface area contributed by atoms with Crippen LogP contribution in [0.25, 0.3) is 0 Å². The number of nitrogens with one attached hydrogen (secondary N) is 1. The predicted octanol–water partition coefficient (Wildman–Crippen LogP) is 3.86. The topological polar surface area (TPSA) is 44.7 Å². The minimum atomic E-state index is -0.444. The van der Waals surface area contributed by atoms with Gasteiger partial charge in [0.1, 0.15) is 18.5 Å². The summed E-state index contributed by atoms with van der Waals surface area (Å²) in [6.45, 7) is 4.72. The quantitative estimate of drug-likeness (QED) is 0.684. The van der Waals surface area contributed by atoms with Crippen LogP contribution in [0.5, 0.6) is 5.75 Å². The molecule has 0 aliphatic carbocycles. The van der Waals surface area contributed by atoms with E-state index >= 15 is 0 Å². The van der Waals surface area contributed by atoms with Crippen molar-refractivity contribution in [3.8, 4) is 5.75 Å². The van der Waals surface area contributed by atoms with Crippen molar-refractivity contribution in [3.63, 3.8) is 0 Å². The molecule has 27 heavy (non-hydrogen) atoms. The summed E-state index contributed by atoms with van der Waals surface area (Å²) in [6, 6.07) is 15.9. The van der Waals surface area contributed by atoms with Crippen molar-refractivity contribution in [2.75, 3.05) is 26.2 Å². The summed E-state index contributed by atoms with van der Waals surface area (Å²) in [5.74, 6) is 0.794. The maximum Gasteiger partial charge on any atom is 0.119 e. The molecule has 0 aromatic heterocycles. The number of piperidine rings is 1. The van der Waals surface area contributed by atoms with Crippen molar-refractivity contribution in [2.45, 2.75) is 38.5 Å². The number of hydrogen-bond acceptors (Lipinski definition) is 4. The van der Waals surface area contributed by atoms with E-state index in [0.717, 1.165) is 42.5 Å². The van der Waals surface area contributed by atoms with Crippen molar-refractivity contribution in [2.24, 2.45) is 0 Å². The zero-order valence-corrected chi connectivity index (χ0v) is 16.5. The molecule has 1 heterocycles. The molecule has 2 aromatic carbocycles. The fraction of sp³-hybridized carbons (Fsp3) is 0.455. The van der Waals surface area contributed by atoms with Gasteiger partial charge in [0.05, 0.1) is 0 Å². The minimum Gasteiger partial charge on any atom is -0.491 e. The first-order valence-corrected chi connectivity index (χ1v) is 10.1. The van der Waals surface area contributed by atoms with Gasteiger partial charge in [-0.25, -0.2) is 0 Å². The van der Waals surface area contributed by atoms with Gasteiger partial charge in [-0.15, -0.1) is 0 Å². The average Bonchev–Trinajstić information content (AvgIpc) is 2.70. The molecular formula is C22H29ClN2O2. The van der Waals surface area contributed by atoms with Gasteiger partial charge in [0, 0.05) is 24.7 Å². The standard InChI is InChI=1S/C22H29ClN2O2/c23-22-7-3-2-6-19(22)15-24-14-18-8-10-21(11-9-18)27-17-20(26)16-25-12-4-1-5-13-25/h2-3,6-11,20,24,26H,1,4-5,12-17H2. The van der Waals surface area contributed by atoms with Crippen LogP contribution in [0.2, 0.25) is 5.02 Å². The third-order valence-electron chi connectivity index (χ3n) is 4.89. The number of ether oxygens (including phenoxy) is 1. The number of nitrogens with zero attached hydrogens (tertiary/aromatic N) is 1. The summed E-state index contributed by atoms with van der Waals surface area (Å²) in [7, 11) is 0. The van der Waals surface area contributed by atoms with Gasteiger partial charge >= 0.3 is 0 Å². The van der Waals surface area contributed by atoms with E-state index in [4.69, 9.17) is 16.3 Å². The van der Waals surface area contributed by atoms with Gasteiger partial charge in [0.25, 0.3) is 0 Å². The first-order valence-electron chi connectivity index (χ1n) is 9.77. The molecule has 0 radical (unpaired) electrons. The van der Waals surface area contributed by atoms with Crippen LogP contribution in [-0.4, -0.2) is 42.4 Å². The smallest absolute Gasteiger partial charge is 0.119 e. The summed E-state index contributed by atoms with van der Waals surface area (Å²) < 4.78 is 5.74. The molecule has 1 saturated heterocycles. The molecule has 1 aliphatic rings. The Morgan fingerprint density at radius 2 is 1.74 bits per heavy atom. The second kappa shape index (κ2) is 10.7. The van der Waals surface area contributed by atoms with E-state index in [0.29, 0.717) is 13.2 Å².